The minimum atomic E-state index is -0.387. The molecule has 0 saturated carbocycles. The van der Waals surface area contributed by atoms with Gasteiger partial charge >= 0.3 is 0 Å². The normalized spacial score (nSPS) is 11.0. The Morgan fingerprint density at radius 1 is 1.62 bits per heavy atom. The van der Waals surface area contributed by atoms with Crippen molar-refractivity contribution in [1.82, 2.24) is 5.01 Å². The van der Waals surface area contributed by atoms with Gasteiger partial charge in [-0.25, -0.2) is 0 Å². The fourth-order valence-corrected chi connectivity index (χ4v) is 0.111. The van der Waals surface area contributed by atoms with Crippen LogP contribution in [0.2, 0.25) is 0 Å². The Hall–Kier alpha value is -0.600. The molecule has 0 fully saturated rings. The molecule has 1 radical (unpaired) electrons. The smallest absolute Gasteiger partial charge is 0.0552 e. The first kappa shape index (κ1) is 7.40. The average molecular weight is 115 g/mol. The first-order valence-electron chi connectivity index (χ1n) is 2.41. The van der Waals surface area contributed by atoms with Gasteiger partial charge in [0.15, 0.2) is 0 Å². The highest BCUT2D eigenvalue weighted by Gasteiger charge is 2.15. The third kappa shape index (κ3) is 1.91. The Bertz CT molecular complexity index is 84.9. The fraction of sp³-hybridized carbons (Fsp3) is 0.800. The standard InChI is InChI=1S/C5H11N2O/c1-5(2,3)7(4)6-8/h1H2,2-4H3. The lowest BCUT2D eigenvalue weighted by Crippen LogP contribution is -2.33. The van der Waals surface area contributed by atoms with Crippen LogP contribution in [0, 0.1) is 11.8 Å². The van der Waals surface area contributed by atoms with E-state index in [2.05, 4.69) is 12.2 Å². The summed E-state index contributed by atoms with van der Waals surface area (Å²) < 4.78 is 0. The predicted molar refractivity (Wildman–Crippen MR) is 33.0 cm³/mol. The van der Waals surface area contributed by atoms with Crippen LogP contribution in [0.25, 0.3) is 0 Å². The number of nitrogens with zero attached hydrogens (tertiary/aromatic N) is 2. The van der Waals surface area contributed by atoms with Crippen molar-refractivity contribution >= 4 is 0 Å². The Kier molecular flexibility index (Phi) is 1.95. The van der Waals surface area contributed by atoms with Crippen molar-refractivity contribution in [3.63, 3.8) is 0 Å². The summed E-state index contributed by atoms with van der Waals surface area (Å²) in [7, 11) is 1.60. The molecule has 0 aliphatic heterocycles. The molecule has 3 heteroatoms. The molecule has 0 saturated heterocycles. The van der Waals surface area contributed by atoms with Crippen LogP contribution in [0.1, 0.15) is 13.8 Å². The van der Waals surface area contributed by atoms with Crippen molar-refractivity contribution in [3.05, 3.63) is 11.8 Å². The second-order valence-electron chi connectivity index (χ2n) is 2.42. The summed E-state index contributed by atoms with van der Waals surface area (Å²) in [6, 6.07) is 0. The molecule has 0 unspecified atom stereocenters. The van der Waals surface area contributed by atoms with Gasteiger partial charge in [0, 0.05) is 7.05 Å². The highest BCUT2D eigenvalue weighted by molar-refractivity contribution is 4.78. The predicted octanol–water partition coefficient (Wildman–Crippen LogP) is 1.21. The second kappa shape index (κ2) is 2.11. The van der Waals surface area contributed by atoms with Crippen LogP contribution in [-0.2, 0) is 0 Å². The number of hydrogen-bond donors (Lipinski definition) is 0. The maximum atomic E-state index is 9.79. The van der Waals surface area contributed by atoms with E-state index in [-0.39, 0.29) is 5.54 Å². The van der Waals surface area contributed by atoms with Crippen LogP contribution < -0.4 is 0 Å². The van der Waals surface area contributed by atoms with Crippen LogP contribution >= 0.6 is 0 Å². The van der Waals surface area contributed by atoms with Crippen LogP contribution in [0.3, 0.4) is 0 Å². The minimum Gasteiger partial charge on any atom is -0.258 e. The number of nitroso groups, excluding NO2 is 1. The first-order chi connectivity index (χ1) is 3.48. The quantitative estimate of drug-likeness (QED) is 0.400. The van der Waals surface area contributed by atoms with Crippen molar-refractivity contribution in [3.8, 4) is 0 Å². The molecule has 0 heterocycles. The molecule has 0 aliphatic carbocycles. The lowest BCUT2D eigenvalue weighted by molar-refractivity contribution is 0.208. The lowest BCUT2D eigenvalue weighted by Gasteiger charge is -2.24. The van der Waals surface area contributed by atoms with Crippen LogP contribution in [0.5, 0.6) is 0 Å². The summed E-state index contributed by atoms with van der Waals surface area (Å²) in [5.41, 5.74) is -0.387. The Labute approximate surface area is 49.6 Å². The highest BCUT2D eigenvalue weighted by atomic mass is 16.3. The molecule has 0 spiro atoms. The van der Waals surface area contributed by atoms with Gasteiger partial charge in [0.1, 0.15) is 0 Å². The van der Waals surface area contributed by atoms with E-state index >= 15 is 0 Å². The summed E-state index contributed by atoms with van der Waals surface area (Å²) in [6.45, 7) is 7.30. The van der Waals surface area contributed by atoms with E-state index in [1.165, 1.54) is 5.01 Å². The molecule has 0 aromatic carbocycles. The van der Waals surface area contributed by atoms with E-state index in [0.717, 1.165) is 0 Å². The first-order valence-corrected chi connectivity index (χ1v) is 2.41. The lowest BCUT2D eigenvalue weighted by atomic mass is 10.1. The Morgan fingerprint density at radius 3 is 2.00 bits per heavy atom. The molecule has 0 aliphatic rings. The highest BCUT2D eigenvalue weighted by Crippen LogP contribution is 2.08. The van der Waals surface area contributed by atoms with E-state index in [9.17, 15) is 4.91 Å². The summed E-state index contributed by atoms with van der Waals surface area (Å²) in [4.78, 5) is 9.79. The fourth-order valence-electron chi connectivity index (χ4n) is 0.111. The summed E-state index contributed by atoms with van der Waals surface area (Å²) in [5.74, 6) is 0. The summed E-state index contributed by atoms with van der Waals surface area (Å²) in [6.07, 6.45) is 0. The number of rotatable bonds is 2. The van der Waals surface area contributed by atoms with Gasteiger partial charge in [0.2, 0.25) is 0 Å². The van der Waals surface area contributed by atoms with E-state index in [1.807, 2.05) is 13.8 Å². The maximum absolute atomic E-state index is 9.79. The Morgan fingerprint density at radius 2 is 2.00 bits per heavy atom. The van der Waals surface area contributed by atoms with E-state index in [4.69, 9.17) is 0 Å². The van der Waals surface area contributed by atoms with Crippen molar-refractivity contribution in [2.75, 3.05) is 7.05 Å². The van der Waals surface area contributed by atoms with Gasteiger partial charge in [-0.15, -0.1) is 4.91 Å². The van der Waals surface area contributed by atoms with E-state index < -0.39 is 0 Å². The SMILES string of the molecule is [CH2]C(C)(C)N(C)N=O. The molecule has 0 amide bonds. The molecule has 0 atom stereocenters. The average Bonchev–Trinajstić information content (AvgIpc) is 1.62. The molecular weight excluding hydrogens is 104 g/mol. The third-order valence-corrected chi connectivity index (χ3v) is 0.999. The van der Waals surface area contributed by atoms with Gasteiger partial charge in [0.25, 0.3) is 0 Å². The molecular formula is C5H11N2O. The van der Waals surface area contributed by atoms with Crippen LogP contribution in [0.15, 0.2) is 5.29 Å². The van der Waals surface area contributed by atoms with Crippen molar-refractivity contribution in [2.45, 2.75) is 19.4 Å². The molecule has 8 heavy (non-hydrogen) atoms. The van der Waals surface area contributed by atoms with Gasteiger partial charge in [-0.2, -0.15) is 0 Å². The third-order valence-electron chi connectivity index (χ3n) is 0.999. The van der Waals surface area contributed by atoms with Gasteiger partial charge in [-0.05, 0) is 20.8 Å². The monoisotopic (exact) mass is 115 g/mol. The molecule has 3 nitrogen and oxygen atoms in total. The molecule has 47 valence electrons. The Balaban J connectivity index is 3.80. The van der Waals surface area contributed by atoms with Gasteiger partial charge in [-0.1, -0.05) is 0 Å². The topological polar surface area (TPSA) is 32.7 Å². The summed E-state index contributed by atoms with van der Waals surface area (Å²) in [5, 5.41) is 3.95. The molecule has 0 aromatic heterocycles. The molecule has 0 bridgehead atoms. The largest absolute Gasteiger partial charge is 0.258 e. The minimum absolute atomic E-state index is 0.387. The molecule has 0 N–H and O–H groups in total. The van der Waals surface area contributed by atoms with Crippen molar-refractivity contribution in [2.24, 2.45) is 5.29 Å². The van der Waals surface area contributed by atoms with Gasteiger partial charge < -0.3 is 0 Å². The van der Waals surface area contributed by atoms with Gasteiger partial charge in [0.05, 0.1) is 10.8 Å². The van der Waals surface area contributed by atoms with Crippen molar-refractivity contribution < 1.29 is 0 Å². The second-order valence-corrected chi connectivity index (χ2v) is 2.42. The van der Waals surface area contributed by atoms with E-state index in [1.54, 1.807) is 7.05 Å². The van der Waals surface area contributed by atoms with Crippen molar-refractivity contribution in [1.29, 1.82) is 0 Å². The molecule has 0 rings (SSSR count). The zero-order valence-corrected chi connectivity index (χ0v) is 5.51. The maximum Gasteiger partial charge on any atom is 0.0552 e. The zero-order chi connectivity index (χ0) is 6.78. The van der Waals surface area contributed by atoms with Crippen LogP contribution in [-0.4, -0.2) is 17.6 Å². The zero-order valence-electron chi connectivity index (χ0n) is 5.51. The molecule has 0 aromatic rings. The van der Waals surface area contributed by atoms with Crippen LogP contribution in [0.4, 0.5) is 0 Å². The van der Waals surface area contributed by atoms with E-state index in [0.29, 0.717) is 0 Å². The van der Waals surface area contributed by atoms with Gasteiger partial charge in [-0.3, -0.25) is 5.01 Å². The summed E-state index contributed by atoms with van der Waals surface area (Å²) >= 11 is 0. The number of hydrogen-bond acceptors (Lipinski definition) is 2.